The van der Waals surface area contributed by atoms with Crippen molar-refractivity contribution in [2.45, 2.75) is 25.8 Å². The topological polar surface area (TPSA) is 112 Å². The minimum absolute atomic E-state index is 0.0133. The van der Waals surface area contributed by atoms with Gasteiger partial charge in [0.15, 0.2) is 0 Å². The highest BCUT2D eigenvalue weighted by Gasteiger charge is 2.45. The van der Waals surface area contributed by atoms with Gasteiger partial charge in [0, 0.05) is 23.3 Å². The Labute approximate surface area is 162 Å². The second kappa shape index (κ2) is 7.35. The number of H-pyrrole nitrogens is 1. The number of hydrogen-bond donors (Lipinski definition) is 2. The quantitative estimate of drug-likeness (QED) is 0.698. The van der Waals surface area contributed by atoms with Crippen molar-refractivity contribution in [1.29, 1.82) is 5.26 Å². The molecule has 0 aliphatic heterocycles. The molecule has 1 atom stereocenters. The van der Waals surface area contributed by atoms with E-state index in [-0.39, 0.29) is 27.9 Å². The van der Waals surface area contributed by atoms with Gasteiger partial charge in [-0.15, -0.1) is 0 Å². The van der Waals surface area contributed by atoms with E-state index in [0.29, 0.717) is 0 Å². The average molecular weight is 401 g/mol. The number of pyridine rings is 1. The molecule has 0 unspecified atom stereocenters. The Morgan fingerprint density at radius 3 is 2.59 bits per heavy atom. The van der Waals surface area contributed by atoms with Crippen LogP contribution >= 0.6 is 0 Å². The fourth-order valence-electron chi connectivity index (χ4n) is 2.89. The molecule has 0 fully saturated rings. The molecule has 0 aliphatic carbocycles. The van der Waals surface area contributed by atoms with Gasteiger partial charge in [-0.05, 0) is 37.6 Å². The van der Waals surface area contributed by atoms with E-state index in [0.717, 1.165) is 12.1 Å². The van der Waals surface area contributed by atoms with Gasteiger partial charge in [-0.3, -0.25) is 9.59 Å². The monoisotopic (exact) mass is 401 g/mol. The Kier molecular flexibility index (Phi) is 5.07. The summed E-state index contributed by atoms with van der Waals surface area (Å²) < 4.78 is 43.3. The fourth-order valence-corrected chi connectivity index (χ4v) is 2.89. The van der Waals surface area contributed by atoms with Gasteiger partial charge in [0.25, 0.3) is 11.5 Å². The van der Waals surface area contributed by atoms with Gasteiger partial charge >= 0.3 is 5.92 Å². The number of carbonyl (C=O) groups excluding carboxylic acids is 1. The minimum atomic E-state index is -4.20. The number of nitrogens with one attached hydrogen (secondary N) is 2. The van der Waals surface area contributed by atoms with Crippen LogP contribution in [-0.2, 0) is 10.7 Å². The predicted octanol–water partition coefficient (Wildman–Crippen LogP) is 2.61. The van der Waals surface area contributed by atoms with Crippen molar-refractivity contribution in [3.05, 3.63) is 69.3 Å². The number of nitriles is 1. The Morgan fingerprint density at radius 2 is 1.97 bits per heavy atom. The normalized spacial score (nSPS) is 12.4. The molecule has 2 N–H and O–H groups in total. The van der Waals surface area contributed by atoms with Gasteiger partial charge < -0.3 is 10.3 Å². The summed E-state index contributed by atoms with van der Waals surface area (Å²) >= 11 is 0. The molecule has 0 aliphatic rings. The van der Waals surface area contributed by atoms with Crippen LogP contribution in [0.15, 0.2) is 35.4 Å². The van der Waals surface area contributed by atoms with Crippen LogP contribution in [0.4, 0.5) is 13.2 Å². The van der Waals surface area contributed by atoms with Crippen molar-refractivity contribution in [1.82, 2.24) is 20.3 Å². The summed E-state index contributed by atoms with van der Waals surface area (Å²) in [5.74, 6) is -6.58. The second-order valence-electron chi connectivity index (χ2n) is 6.36. The predicted molar refractivity (Wildman–Crippen MR) is 96.5 cm³/mol. The molecule has 7 nitrogen and oxygen atoms in total. The van der Waals surface area contributed by atoms with Crippen LogP contribution in [0.25, 0.3) is 10.9 Å². The summed E-state index contributed by atoms with van der Waals surface area (Å²) in [4.78, 5) is 34.5. The lowest BCUT2D eigenvalue weighted by Gasteiger charge is -2.21. The van der Waals surface area contributed by atoms with Crippen molar-refractivity contribution in [3.63, 3.8) is 0 Å². The number of aromatic nitrogens is 3. The number of alkyl halides is 2. The molecule has 0 bridgehead atoms. The first-order chi connectivity index (χ1) is 13.6. The fraction of sp³-hybridized carbons (Fsp3) is 0.211. The minimum Gasteiger partial charge on any atom is -0.341 e. The van der Waals surface area contributed by atoms with E-state index in [9.17, 15) is 22.8 Å². The number of nitrogens with zero attached hydrogens (tertiary/aromatic N) is 3. The summed E-state index contributed by atoms with van der Waals surface area (Å²) in [6.07, 6.45) is 2.38. The molecule has 0 radical (unpaired) electrons. The number of halogens is 3. The Balaban J connectivity index is 1.96. The summed E-state index contributed by atoms with van der Waals surface area (Å²) in [5.41, 5.74) is -2.08. The number of amides is 1. The number of rotatable bonds is 4. The zero-order valence-electron chi connectivity index (χ0n) is 15.3. The summed E-state index contributed by atoms with van der Waals surface area (Å²) in [6, 6.07) is 4.14. The third-order valence-electron chi connectivity index (χ3n) is 4.37. The van der Waals surface area contributed by atoms with Crippen molar-refractivity contribution < 1.29 is 18.0 Å². The lowest BCUT2D eigenvalue weighted by molar-refractivity contribution is -0.148. The third kappa shape index (κ3) is 3.67. The lowest BCUT2D eigenvalue weighted by Crippen LogP contribution is -2.43. The number of carbonyl (C=O) groups is 1. The van der Waals surface area contributed by atoms with Crippen LogP contribution in [0, 0.1) is 24.1 Å². The zero-order chi connectivity index (χ0) is 21.3. The standard InChI is InChI=1S/C19H14F3N5O2/c1-9-13-5-12(20)3-4-14(13)27-17(28)15(9)19(21,22)18(29)26-10(2)16-24-7-11(6-23)8-25-16/h3-5,7-8,10H,1-2H3,(H,26,29)(H,27,28)/t10-/m1/s1. The highest BCUT2D eigenvalue weighted by atomic mass is 19.3. The summed E-state index contributed by atoms with van der Waals surface area (Å²) in [6.45, 7) is 2.60. The van der Waals surface area contributed by atoms with Gasteiger partial charge in [-0.25, -0.2) is 14.4 Å². The third-order valence-corrected chi connectivity index (χ3v) is 4.37. The van der Waals surface area contributed by atoms with Crippen LogP contribution in [0.2, 0.25) is 0 Å². The van der Waals surface area contributed by atoms with Gasteiger partial charge in [0.2, 0.25) is 0 Å². The molecule has 2 aromatic heterocycles. The van der Waals surface area contributed by atoms with Gasteiger partial charge in [-0.1, -0.05) is 0 Å². The molecular weight excluding hydrogens is 387 g/mol. The first kappa shape index (κ1) is 20.0. The maximum absolute atomic E-state index is 14.9. The van der Waals surface area contributed by atoms with Crippen molar-refractivity contribution in [3.8, 4) is 6.07 Å². The van der Waals surface area contributed by atoms with Crippen molar-refractivity contribution >= 4 is 16.8 Å². The summed E-state index contributed by atoms with van der Waals surface area (Å²) in [7, 11) is 0. The van der Waals surface area contributed by atoms with Crippen LogP contribution in [0.1, 0.15) is 35.5 Å². The number of benzene rings is 1. The van der Waals surface area contributed by atoms with E-state index in [1.165, 1.54) is 32.3 Å². The van der Waals surface area contributed by atoms with Crippen LogP contribution < -0.4 is 10.9 Å². The molecule has 3 rings (SSSR count). The highest BCUT2D eigenvalue weighted by Crippen LogP contribution is 2.32. The molecule has 0 spiro atoms. The SMILES string of the molecule is Cc1c(C(F)(F)C(=O)N[C@H](C)c2ncc(C#N)cn2)c(=O)[nH]c2ccc(F)cc12. The number of hydrogen-bond acceptors (Lipinski definition) is 5. The van der Waals surface area contributed by atoms with Crippen molar-refractivity contribution in [2.24, 2.45) is 0 Å². The van der Waals surface area contributed by atoms with Crippen LogP contribution in [-0.4, -0.2) is 20.9 Å². The maximum Gasteiger partial charge on any atom is 0.355 e. The first-order valence-electron chi connectivity index (χ1n) is 8.38. The van der Waals surface area contributed by atoms with Gasteiger partial charge in [0.1, 0.15) is 17.7 Å². The molecule has 0 saturated carbocycles. The molecule has 1 amide bonds. The van der Waals surface area contributed by atoms with E-state index in [1.807, 2.05) is 6.07 Å². The zero-order valence-corrected chi connectivity index (χ0v) is 15.3. The highest BCUT2D eigenvalue weighted by molar-refractivity contribution is 5.89. The largest absolute Gasteiger partial charge is 0.355 e. The molecule has 3 aromatic rings. The molecule has 1 aromatic carbocycles. The average Bonchev–Trinajstić information content (AvgIpc) is 2.68. The van der Waals surface area contributed by atoms with Crippen molar-refractivity contribution in [2.75, 3.05) is 0 Å². The maximum atomic E-state index is 14.9. The smallest absolute Gasteiger partial charge is 0.341 e. The molecule has 148 valence electrons. The van der Waals surface area contributed by atoms with E-state index in [1.54, 1.807) is 0 Å². The Bertz CT molecular complexity index is 1200. The molecule has 0 saturated heterocycles. The lowest BCUT2D eigenvalue weighted by atomic mass is 9.99. The second-order valence-corrected chi connectivity index (χ2v) is 6.36. The molecular formula is C19H14F3N5O2. The molecule has 2 heterocycles. The van der Waals surface area contributed by atoms with E-state index in [2.05, 4.69) is 20.3 Å². The summed E-state index contributed by atoms with van der Waals surface area (Å²) in [5, 5.41) is 10.9. The van der Waals surface area contributed by atoms with Gasteiger partial charge in [-0.2, -0.15) is 14.0 Å². The number of aromatic amines is 1. The Hall–Kier alpha value is -3.74. The molecule has 29 heavy (non-hydrogen) atoms. The van der Waals surface area contributed by atoms with Crippen LogP contribution in [0.3, 0.4) is 0 Å². The molecule has 10 heteroatoms. The number of fused-ring (bicyclic) bond motifs is 1. The van der Waals surface area contributed by atoms with Gasteiger partial charge in [0.05, 0.1) is 17.2 Å². The van der Waals surface area contributed by atoms with E-state index in [4.69, 9.17) is 5.26 Å². The Morgan fingerprint density at radius 1 is 1.31 bits per heavy atom. The first-order valence-corrected chi connectivity index (χ1v) is 8.38. The van der Waals surface area contributed by atoms with E-state index < -0.39 is 34.8 Å². The van der Waals surface area contributed by atoms with E-state index >= 15 is 0 Å². The number of aryl methyl sites for hydroxylation is 1. The van der Waals surface area contributed by atoms with Crippen LogP contribution in [0.5, 0.6) is 0 Å².